The van der Waals surface area contributed by atoms with Gasteiger partial charge in [-0.2, -0.15) is 4.98 Å². The molecule has 2 aromatic heterocycles. The van der Waals surface area contributed by atoms with Gasteiger partial charge in [0.15, 0.2) is 0 Å². The molecular weight excluding hydrogens is 432 g/mol. The maximum atomic E-state index is 12.7. The highest BCUT2D eigenvalue weighted by atomic mass is 32.1. The summed E-state index contributed by atoms with van der Waals surface area (Å²) in [6, 6.07) is 14.2. The lowest BCUT2D eigenvalue weighted by Crippen LogP contribution is -2.24. The molecule has 0 radical (unpaired) electrons. The molecule has 7 heteroatoms. The molecule has 33 heavy (non-hydrogen) atoms. The zero-order chi connectivity index (χ0) is 22.5. The number of hydrogen-bond donors (Lipinski definition) is 0. The summed E-state index contributed by atoms with van der Waals surface area (Å²) in [6.45, 7) is 4.68. The number of benzene rings is 2. The molecule has 166 valence electrons. The van der Waals surface area contributed by atoms with Crippen molar-refractivity contribution < 1.29 is 9.32 Å². The van der Waals surface area contributed by atoms with E-state index in [1.54, 1.807) is 11.3 Å². The molecule has 4 aromatic rings. The molecule has 0 N–H and O–H groups in total. The zero-order valence-corrected chi connectivity index (χ0v) is 19.4. The summed E-state index contributed by atoms with van der Waals surface area (Å²) in [5.41, 5.74) is 6.25. The van der Waals surface area contributed by atoms with Gasteiger partial charge < -0.3 is 9.42 Å². The van der Waals surface area contributed by atoms with Crippen LogP contribution in [0.4, 0.5) is 5.69 Å². The fourth-order valence-electron chi connectivity index (χ4n) is 4.29. The molecule has 0 spiro atoms. The first-order chi connectivity index (χ1) is 16.0. The van der Waals surface area contributed by atoms with E-state index in [1.165, 1.54) is 29.0 Å². The highest BCUT2D eigenvalue weighted by Gasteiger charge is 2.35. The highest BCUT2D eigenvalue weighted by Crippen LogP contribution is 2.42. The second kappa shape index (κ2) is 7.92. The Kier molecular flexibility index (Phi) is 4.87. The Morgan fingerprint density at radius 3 is 2.67 bits per heavy atom. The van der Waals surface area contributed by atoms with E-state index in [4.69, 9.17) is 9.51 Å². The summed E-state index contributed by atoms with van der Waals surface area (Å²) in [5, 5.41) is 7.58. The Labute approximate surface area is 196 Å². The lowest BCUT2D eigenvalue weighted by molar-refractivity contribution is -0.117. The van der Waals surface area contributed by atoms with E-state index in [0.29, 0.717) is 30.6 Å². The third-order valence-electron chi connectivity index (χ3n) is 6.58. The van der Waals surface area contributed by atoms with Crippen LogP contribution < -0.4 is 4.90 Å². The van der Waals surface area contributed by atoms with Crippen LogP contribution in [0.1, 0.15) is 53.1 Å². The maximum Gasteiger partial charge on any atom is 0.232 e. The van der Waals surface area contributed by atoms with Crippen LogP contribution in [0.3, 0.4) is 0 Å². The normalized spacial score (nSPS) is 18.3. The summed E-state index contributed by atoms with van der Waals surface area (Å²) < 4.78 is 5.61. The number of carbonyl (C=O) groups excluding carboxylic acids is 1. The number of aromatic nitrogens is 3. The molecule has 6 nitrogen and oxygen atoms in total. The minimum absolute atomic E-state index is 0.0833. The van der Waals surface area contributed by atoms with Crippen LogP contribution in [-0.2, 0) is 4.79 Å². The van der Waals surface area contributed by atoms with E-state index in [1.807, 2.05) is 23.1 Å². The number of hydrogen-bond acceptors (Lipinski definition) is 6. The van der Waals surface area contributed by atoms with Crippen LogP contribution in [0.2, 0.25) is 0 Å². The van der Waals surface area contributed by atoms with Gasteiger partial charge in [0, 0.05) is 41.1 Å². The van der Waals surface area contributed by atoms with Crippen molar-refractivity contribution >= 4 is 22.9 Å². The van der Waals surface area contributed by atoms with Crippen LogP contribution in [0.15, 0.2) is 52.4 Å². The Hall–Kier alpha value is -3.32. The van der Waals surface area contributed by atoms with Crippen molar-refractivity contribution in [3.8, 4) is 22.6 Å². The number of carbonyl (C=O) groups is 1. The predicted molar refractivity (Wildman–Crippen MR) is 128 cm³/mol. The Bertz CT molecular complexity index is 1350. The van der Waals surface area contributed by atoms with Gasteiger partial charge in [-0.25, -0.2) is 4.98 Å². The Morgan fingerprint density at radius 2 is 1.85 bits per heavy atom. The van der Waals surface area contributed by atoms with Gasteiger partial charge in [-0.3, -0.25) is 4.79 Å². The fourth-order valence-corrected chi connectivity index (χ4v) is 5.29. The first-order valence-electron chi connectivity index (χ1n) is 11.3. The lowest BCUT2D eigenvalue weighted by atomic mass is 10.1. The molecule has 3 heterocycles. The second-order valence-corrected chi connectivity index (χ2v) is 9.95. The number of nitrogens with zero attached hydrogens (tertiary/aromatic N) is 4. The molecule has 2 aromatic carbocycles. The number of anilines is 1. The van der Waals surface area contributed by atoms with E-state index >= 15 is 0 Å². The van der Waals surface area contributed by atoms with E-state index in [9.17, 15) is 4.79 Å². The number of amides is 1. The zero-order valence-electron chi connectivity index (χ0n) is 18.6. The molecule has 1 aliphatic carbocycles. The number of aryl methyl sites for hydroxylation is 2. The van der Waals surface area contributed by atoms with Crippen molar-refractivity contribution in [2.45, 2.75) is 44.9 Å². The molecule has 1 atom stereocenters. The molecule has 1 aliphatic heterocycles. The van der Waals surface area contributed by atoms with Crippen LogP contribution in [-0.4, -0.2) is 27.6 Å². The molecule has 0 bridgehead atoms. The van der Waals surface area contributed by atoms with E-state index < -0.39 is 0 Å². The Morgan fingerprint density at radius 1 is 1.00 bits per heavy atom. The average molecular weight is 457 g/mol. The summed E-state index contributed by atoms with van der Waals surface area (Å²) in [5.74, 6) is 1.69. The minimum atomic E-state index is -0.108. The second-order valence-electron chi connectivity index (χ2n) is 9.06. The van der Waals surface area contributed by atoms with Gasteiger partial charge >= 0.3 is 0 Å². The first-order valence-corrected chi connectivity index (χ1v) is 12.2. The third kappa shape index (κ3) is 3.86. The van der Waals surface area contributed by atoms with Gasteiger partial charge in [0.2, 0.25) is 17.6 Å². The smallest absolute Gasteiger partial charge is 0.232 e. The van der Waals surface area contributed by atoms with Crippen molar-refractivity contribution in [3.05, 3.63) is 69.9 Å². The van der Waals surface area contributed by atoms with Gasteiger partial charge in [-0.05, 0) is 56.0 Å². The molecular formula is C26H24N4O2S. The molecule has 6 rings (SSSR count). The Balaban J connectivity index is 1.22. The molecule has 2 aliphatic rings. The molecule has 1 unspecified atom stereocenters. The largest absolute Gasteiger partial charge is 0.339 e. The SMILES string of the molecule is Cc1ccc(N2CC(c3nc(-c4cccc(-c5csc(C6CC6)n5)c4)no3)CC2=O)cc1C. The molecule has 2 fully saturated rings. The summed E-state index contributed by atoms with van der Waals surface area (Å²) in [4.78, 5) is 24.0. The summed E-state index contributed by atoms with van der Waals surface area (Å²) >= 11 is 1.74. The monoisotopic (exact) mass is 456 g/mol. The highest BCUT2D eigenvalue weighted by molar-refractivity contribution is 7.10. The van der Waals surface area contributed by atoms with Gasteiger partial charge in [0.1, 0.15) is 0 Å². The van der Waals surface area contributed by atoms with Crippen molar-refractivity contribution in [2.24, 2.45) is 0 Å². The number of thiazole rings is 1. The predicted octanol–water partition coefficient (Wildman–Crippen LogP) is 5.87. The van der Waals surface area contributed by atoms with Crippen LogP contribution in [0.25, 0.3) is 22.6 Å². The van der Waals surface area contributed by atoms with Crippen LogP contribution in [0, 0.1) is 13.8 Å². The quantitative estimate of drug-likeness (QED) is 0.375. The van der Waals surface area contributed by atoms with Crippen molar-refractivity contribution in [1.29, 1.82) is 0 Å². The van der Waals surface area contributed by atoms with Gasteiger partial charge in [0.25, 0.3) is 0 Å². The topological polar surface area (TPSA) is 72.1 Å². The van der Waals surface area contributed by atoms with E-state index in [0.717, 1.165) is 22.5 Å². The van der Waals surface area contributed by atoms with Crippen LogP contribution >= 0.6 is 11.3 Å². The van der Waals surface area contributed by atoms with Gasteiger partial charge in [0.05, 0.1) is 16.6 Å². The first kappa shape index (κ1) is 20.3. The van der Waals surface area contributed by atoms with Crippen molar-refractivity contribution in [3.63, 3.8) is 0 Å². The number of rotatable bonds is 5. The van der Waals surface area contributed by atoms with Crippen molar-refractivity contribution in [2.75, 3.05) is 11.4 Å². The van der Waals surface area contributed by atoms with E-state index in [-0.39, 0.29) is 11.8 Å². The minimum Gasteiger partial charge on any atom is -0.339 e. The summed E-state index contributed by atoms with van der Waals surface area (Å²) in [7, 11) is 0. The standard InChI is InChI=1S/C26H24N4O2S/c1-15-6-9-21(10-16(15)2)30-13-20(12-23(30)31)25-28-24(29-32-25)19-5-3-4-18(11-19)22-14-33-26(27-22)17-7-8-17/h3-6,9-11,14,17,20H,7-8,12-13H2,1-2H3. The lowest BCUT2D eigenvalue weighted by Gasteiger charge is -2.17. The maximum absolute atomic E-state index is 12.7. The van der Waals surface area contributed by atoms with Crippen molar-refractivity contribution in [1.82, 2.24) is 15.1 Å². The third-order valence-corrected chi connectivity index (χ3v) is 7.59. The van der Waals surface area contributed by atoms with E-state index in [2.05, 4.69) is 53.6 Å². The van der Waals surface area contributed by atoms with Gasteiger partial charge in [-0.15, -0.1) is 11.3 Å². The van der Waals surface area contributed by atoms with Crippen LogP contribution in [0.5, 0.6) is 0 Å². The molecule has 1 amide bonds. The molecule has 1 saturated carbocycles. The summed E-state index contributed by atoms with van der Waals surface area (Å²) in [6.07, 6.45) is 2.88. The molecule has 1 saturated heterocycles. The average Bonchev–Trinajstić information content (AvgIpc) is 3.22. The van der Waals surface area contributed by atoms with Gasteiger partial charge in [-0.1, -0.05) is 29.4 Å². The fraction of sp³-hybridized carbons (Fsp3) is 0.308.